The van der Waals surface area contributed by atoms with E-state index in [4.69, 9.17) is 13.8 Å². The van der Waals surface area contributed by atoms with Crippen molar-refractivity contribution in [2.24, 2.45) is 0 Å². The minimum absolute atomic E-state index is 0.578. The molecule has 0 unspecified atom stereocenters. The Bertz CT molecular complexity index is 3570. The lowest BCUT2D eigenvalue weighted by atomic mass is 9.93. The van der Waals surface area contributed by atoms with Gasteiger partial charge in [-0.2, -0.15) is 0 Å². The van der Waals surface area contributed by atoms with Crippen LogP contribution in [0.2, 0.25) is 0 Å². The maximum absolute atomic E-state index is 6.46. The molecule has 4 heteroatoms. The molecule has 0 aliphatic carbocycles. The molecule has 2 heterocycles. The highest BCUT2D eigenvalue weighted by atomic mass is 16.4. The first kappa shape index (κ1) is 34.8. The first-order valence-corrected chi connectivity index (χ1v) is 20.6. The summed E-state index contributed by atoms with van der Waals surface area (Å²) in [5.41, 5.74) is 13.9. The Labute approximate surface area is 352 Å². The van der Waals surface area contributed by atoms with Crippen LogP contribution in [0.1, 0.15) is 0 Å². The van der Waals surface area contributed by atoms with Crippen molar-refractivity contribution in [2.45, 2.75) is 0 Å². The van der Waals surface area contributed by atoms with Gasteiger partial charge in [0.2, 0.25) is 5.89 Å². The lowest BCUT2D eigenvalue weighted by Gasteiger charge is -2.28. The summed E-state index contributed by atoms with van der Waals surface area (Å²) < 4.78 is 12.9. The normalized spacial score (nSPS) is 11.6. The van der Waals surface area contributed by atoms with Crippen LogP contribution in [0.25, 0.3) is 99.4 Å². The highest BCUT2D eigenvalue weighted by Crippen LogP contribution is 2.46. The summed E-state index contributed by atoms with van der Waals surface area (Å²) in [5.74, 6) is 0.578. The van der Waals surface area contributed by atoms with E-state index in [9.17, 15) is 0 Å². The zero-order valence-corrected chi connectivity index (χ0v) is 33.0. The monoisotopic (exact) mass is 780 g/mol. The molecule has 0 aliphatic rings. The van der Waals surface area contributed by atoms with Crippen LogP contribution in [0.3, 0.4) is 0 Å². The van der Waals surface area contributed by atoms with E-state index in [2.05, 4.69) is 175 Å². The third-order valence-electron chi connectivity index (χ3n) is 11.9. The molecule has 0 spiro atoms. The van der Waals surface area contributed by atoms with Gasteiger partial charge < -0.3 is 13.7 Å². The van der Waals surface area contributed by atoms with Crippen LogP contribution in [-0.2, 0) is 0 Å². The second kappa shape index (κ2) is 14.3. The predicted molar refractivity (Wildman–Crippen MR) is 253 cm³/mol. The maximum atomic E-state index is 6.46. The van der Waals surface area contributed by atoms with Crippen LogP contribution in [0, 0.1) is 0 Å². The minimum atomic E-state index is 0.578. The summed E-state index contributed by atoms with van der Waals surface area (Å²) in [4.78, 5) is 7.51. The van der Waals surface area contributed by atoms with E-state index < -0.39 is 0 Å². The fourth-order valence-electron chi connectivity index (χ4n) is 9.07. The maximum Gasteiger partial charge on any atom is 0.227 e. The standard InChI is InChI=1S/C57H36N2O2/c1-3-15-37(16-4-1)45-21-11-13-25-50(45)59(42-31-27-38(28-32-42)49-35-41-19-7-8-20-44(41)46-22-9-10-23-47(46)49)43-33-29-39(30-34-43)54-55-48-24-12-14-26-51(48)60-52(55)36-53-56(54)58-57(61-53)40-17-5-2-6-18-40/h1-36H. The molecule has 0 aliphatic heterocycles. The fourth-order valence-corrected chi connectivity index (χ4v) is 9.07. The molecule has 0 atom stereocenters. The van der Waals surface area contributed by atoms with E-state index in [1.807, 2.05) is 48.5 Å². The summed E-state index contributed by atoms with van der Waals surface area (Å²) in [7, 11) is 0. The van der Waals surface area contributed by atoms with Crippen molar-refractivity contribution < 1.29 is 8.83 Å². The Morgan fingerprint density at radius 3 is 1.69 bits per heavy atom. The van der Waals surface area contributed by atoms with Gasteiger partial charge in [0.15, 0.2) is 5.58 Å². The second-order valence-electron chi connectivity index (χ2n) is 15.5. The summed E-state index contributed by atoms with van der Waals surface area (Å²) in [6.45, 7) is 0. The molecule has 0 N–H and O–H groups in total. The second-order valence-corrected chi connectivity index (χ2v) is 15.5. The van der Waals surface area contributed by atoms with Crippen molar-refractivity contribution in [2.75, 3.05) is 4.90 Å². The average Bonchev–Trinajstić information content (AvgIpc) is 3.93. The van der Waals surface area contributed by atoms with Crippen LogP contribution in [-0.4, -0.2) is 4.98 Å². The van der Waals surface area contributed by atoms with Gasteiger partial charge in [0.05, 0.1) is 5.69 Å². The fraction of sp³-hybridized carbons (Fsp3) is 0. The molecular formula is C57H36N2O2. The number of hydrogen-bond acceptors (Lipinski definition) is 4. The topological polar surface area (TPSA) is 42.4 Å². The van der Waals surface area contributed by atoms with E-state index in [1.54, 1.807) is 0 Å². The molecular weight excluding hydrogens is 745 g/mol. The van der Waals surface area contributed by atoms with E-state index in [0.717, 1.165) is 72.3 Å². The number of nitrogens with zero attached hydrogens (tertiary/aromatic N) is 2. The van der Waals surface area contributed by atoms with Crippen molar-refractivity contribution >= 4 is 71.6 Å². The molecule has 10 aromatic carbocycles. The van der Waals surface area contributed by atoms with E-state index in [-0.39, 0.29) is 0 Å². The van der Waals surface area contributed by atoms with E-state index >= 15 is 0 Å². The third kappa shape index (κ3) is 5.88. The molecule has 12 aromatic rings. The van der Waals surface area contributed by atoms with Gasteiger partial charge in [-0.25, -0.2) is 4.98 Å². The summed E-state index contributed by atoms with van der Waals surface area (Å²) in [5, 5.41) is 7.07. The minimum Gasteiger partial charge on any atom is -0.456 e. The van der Waals surface area contributed by atoms with Crippen molar-refractivity contribution in [3.05, 3.63) is 218 Å². The molecule has 0 saturated carbocycles. The van der Waals surface area contributed by atoms with Gasteiger partial charge in [-0.1, -0.05) is 158 Å². The van der Waals surface area contributed by atoms with Crippen molar-refractivity contribution in [1.29, 1.82) is 0 Å². The van der Waals surface area contributed by atoms with Gasteiger partial charge in [0.25, 0.3) is 0 Å². The number of fused-ring (bicyclic) bond motifs is 7. The third-order valence-corrected chi connectivity index (χ3v) is 11.9. The Morgan fingerprint density at radius 2 is 0.934 bits per heavy atom. The Hall–Kier alpha value is -8.21. The van der Waals surface area contributed by atoms with Gasteiger partial charge in [0.1, 0.15) is 16.7 Å². The van der Waals surface area contributed by atoms with Gasteiger partial charge in [-0.15, -0.1) is 0 Å². The van der Waals surface area contributed by atoms with Crippen LogP contribution in [0.4, 0.5) is 17.1 Å². The highest BCUT2D eigenvalue weighted by Gasteiger charge is 2.23. The molecule has 2 aromatic heterocycles. The number of anilines is 3. The van der Waals surface area contributed by atoms with Gasteiger partial charge in [0, 0.05) is 44.9 Å². The highest BCUT2D eigenvalue weighted by molar-refractivity contribution is 6.19. The van der Waals surface area contributed by atoms with Crippen molar-refractivity contribution in [1.82, 2.24) is 4.98 Å². The number of oxazole rings is 1. The van der Waals surface area contributed by atoms with Gasteiger partial charge in [-0.05, 0) is 98.4 Å². The number of para-hydroxylation sites is 2. The molecule has 0 radical (unpaired) electrons. The molecule has 0 fully saturated rings. The molecule has 0 bridgehead atoms. The zero-order valence-electron chi connectivity index (χ0n) is 33.0. The van der Waals surface area contributed by atoms with Gasteiger partial charge >= 0.3 is 0 Å². The molecule has 4 nitrogen and oxygen atoms in total. The van der Waals surface area contributed by atoms with Crippen LogP contribution in [0.5, 0.6) is 0 Å². The Morgan fingerprint density at radius 1 is 0.361 bits per heavy atom. The van der Waals surface area contributed by atoms with Gasteiger partial charge in [-0.3, -0.25) is 0 Å². The zero-order chi connectivity index (χ0) is 40.3. The SMILES string of the molecule is c1ccc(-c2nc3c(-c4ccc(N(c5ccc(-c6cc7ccccc7c7ccccc67)cc5)c5ccccc5-c5ccccc5)cc4)c4c(cc3o2)oc2ccccc24)cc1. The quantitative estimate of drug-likeness (QED) is 0.151. The average molecular weight is 781 g/mol. The van der Waals surface area contributed by atoms with E-state index in [1.165, 1.54) is 32.7 Å². The number of furan rings is 1. The molecule has 0 amide bonds. The molecule has 0 saturated heterocycles. The van der Waals surface area contributed by atoms with Crippen molar-refractivity contribution in [3.63, 3.8) is 0 Å². The number of rotatable bonds is 7. The smallest absolute Gasteiger partial charge is 0.227 e. The molecule has 12 rings (SSSR count). The summed E-state index contributed by atoms with van der Waals surface area (Å²) in [6.07, 6.45) is 0. The number of hydrogen-bond donors (Lipinski definition) is 0. The summed E-state index contributed by atoms with van der Waals surface area (Å²) in [6, 6.07) is 77.1. The number of aromatic nitrogens is 1. The predicted octanol–water partition coefficient (Wildman–Crippen LogP) is 16.2. The number of benzene rings is 10. The van der Waals surface area contributed by atoms with Crippen LogP contribution >= 0.6 is 0 Å². The summed E-state index contributed by atoms with van der Waals surface area (Å²) >= 11 is 0. The van der Waals surface area contributed by atoms with Crippen molar-refractivity contribution in [3.8, 4) is 44.8 Å². The largest absolute Gasteiger partial charge is 0.456 e. The molecule has 61 heavy (non-hydrogen) atoms. The Kier molecular flexibility index (Phi) is 8.13. The Balaban J connectivity index is 1.03. The molecule has 286 valence electrons. The first-order valence-electron chi connectivity index (χ1n) is 20.6. The van der Waals surface area contributed by atoms with Crippen LogP contribution in [0.15, 0.2) is 227 Å². The van der Waals surface area contributed by atoms with Crippen LogP contribution < -0.4 is 4.90 Å². The lowest BCUT2D eigenvalue weighted by molar-refractivity contribution is 0.617. The first-order chi connectivity index (χ1) is 30.2. The lowest BCUT2D eigenvalue weighted by Crippen LogP contribution is -2.11. The van der Waals surface area contributed by atoms with E-state index in [0.29, 0.717) is 11.5 Å².